The number of carbonyl (C=O) groups is 1. The molecule has 21 heavy (non-hydrogen) atoms. The van der Waals surface area contributed by atoms with Gasteiger partial charge in [-0.2, -0.15) is 0 Å². The molecule has 0 amide bonds. The molecule has 0 aliphatic rings. The van der Waals surface area contributed by atoms with Crippen LogP contribution in [0.5, 0.6) is 11.5 Å². The molecule has 3 rings (SSSR count). The van der Waals surface area contributed by atoms with Gasteiger partial charge in [0, 0.05) is 23.3 Å². The van der Waals surface area contributed by atoms with Crippen molar-refractivity contribution in [3.05, 3.63) is 60.3 Å². The van der Waals surface area contributed by atoms with Crippen LogP contribution in [0.1, 0.15) is 10.4 Å². The van der Waals surface area contributed by atoms with Crippen LogP contribution in [0.4, 0.5) is 5.69 Å². The number of hydrogen-bond donors (Lipinski definition) is 2. The molecule has 0 fully saturated rings. The average molecular weight is 280 g/mol. The number of hydrogen-bond acceptors (Lipinski definition) is 4. The lowest BCUT2D eigenvalue weighted by molar-refractivity contribution is 0.0694. The monoisotopic (exact) mass is 280 g/mol. The van der Waals surface area contributed by atoms with Gasteiger partial charge < -0.3 is 15.6 Å². The zero-order valence-electron chi connectivity index (χ0n) is 11.0. The fourth-order valence-corrected chi connectivity index (χ4v) is 2.04. The minimum atomic E-state index is -1.09. The molecule has 1 aromatic heterocycles. The van der Waals surface area contributed by atoms with Gasteiger partial charge in [-0.1, -0.05) is 6.07 Å². The van der Waals surface area contributed by atoms with Gasteiger partial charge in [-0.3, -0.25) is 4.98 Å². The highest BCUT2D eigenvalue weighted by molar-refractivity contribution is 5.92. The van der Waals surface area contributed by atoms with Gasteiger partial charge in [0.2, 0.25) is 0 Å². The van der Waals surface area contributed by atoms with Crippen LogP contribution >= 0.6 is 0 Å². The Balaban J connectivity index is 2.00. The molecule has 104 valence electrons. The normalized spacial score (nSPS) is 10.5. The third-order valence-electron chi connectivity index (χ3n) is 3.04. The molecule has 5 heteroatoms. The molecule has 0 spiro atoms. The van der Waals surface area contributed by atoms with Crippen LogP contribution in [-0.4, -0.2) is 16.1 Å². The number of carboxylic acid groups (broad SMARTS) is 1. The fourth-order valence-electron chi connectivity index (χ4n) is 2.04. The summed E-state index contributed by atoms with van der Waals surface area (Å²) in [4.78, 5) is 15.5. The topological polar surface area (TPSA) is 85.4 Å². The van der Waals surface area contributed by atoms with Crippen LogP contribution < -0.4 is 10.5 Å². The molecule has 0 aliphatic heterocycles. The fraction of sp³-hybridized carbons (Fsp3) is 0. The van der Waals surface area contributed by atoms with Crippen LogP contribution in [0.2, 0.25) is 0 Å². The summed E-state index contributed by atoms with van der Waals surface area (Å²) in [5, 5.41) is 10.2. The van der Waals surface area contributed by atoms with Gasteiger partial charge in [0.1, 0.15) is 17.1 Å². The Hall–Kier alpha value is -3.08. The van der Waals surface area contributed by atoms with E-state index in [1.54, 1.807) is 30.5 Å². The molecule has 0 unspecified atom stereocenters. The number of nitrogen functional groups attached to an aromatic ring is 1. The van der Waals surface area contributed by atoms with Crippen molar-refractivity contribution in [2.24, 2.45) is 0 Å². The maximum absolute atomic E-state index is 11.2. The Morgan fingerprint density at radius 2 is 2.00 bits per heavy atom. The number of aromatic carboxylic acids is 1. The molecular formula is C16H12N2O3. The van der Waals surface area contributed by atoms with Crippen molar-refractivity contribution in [3.63, 3.8) is 0 Å². The Morgan fingerprint density at radius 3 is 2.81 bits per heavy atom. The predicted molar refractivity (Wildman–Crippen MR) is 79.6 cm³/mol. The maximum atomic E-state index is 11.2. The molecule has 0 aliphatic carbocycles. The molecule has 0 atom stereocenters. The number of aromatic nitrogens is 1. The predicted octanol–water partition coefficient (Wildman–Crippen LogP) is 3.31. The summed E-state index contributed by atoms with van der Waals surface area (Å²) >= 11 is 0. The first kappa shape index (κ1) is 12.9. The lowest BCUT2D eigenvalue weighted by Gasteiger charge is -2.10. The van der Waals surface area contributed by atoms with E-state index in [-0.39, 0.29) is 11.3 Å². The van der Waals surface area contributed by atoms with Crippen LogP contribution in [0, 0.1) is 0 Å². The van der Waals surface area contributed by atoms with E-state index >= 15 is 0 Å². The number of benzene rings is 2. The van der Waals surface area contributed by atoms with Crippen LogP contribution in [0.25, 0.3) is 10.9 Å². The van der Waals surface area contributed by atoms with Gasteiger partial charge in [0.05, 0.1) is 5.52 Å². The quantitative estimate of drug-likeness (QED) is 0.719. The van der Waals surface area contributed by atoms with Crippen molar-refractivity contribution >= 4 is 22.6 Å². The Morgan fingerprint density at radius 1 is 1.14 bits per heavy atom. The largest absolute Gasteiger partial charge is 0.478 e. The van der Waals surface area contributed by atoms with Crippen molar-refractivity contribution in [2.75, 3.05) is 5.73 Å². The van der Waals surface area contributed by atoms with E-state index in [2.05, 4.69) is 4.98 Å². The standard InChI is InChI=1S/C16H12N2O3/c17-11-4-6-15(13(8-11)16(19)20)21-12-5-3-10-2-1-7-18-14(10)9-12/h1-9H,17H2,(H,19,20). The average Bonchev–Trinajstić information content (AvgIpc) is 2.49. The van der Waals surface area contributed by atoms with Crippen molar-refractivity contribution in [3.8, 4) is 11.5 Å². The molecule has 3 N–H and O–H groups in total. The molecule has 0 bridgehead atoms. The summed E-state index contributed by atoms with van der Waals surface area (Å²) in [7, 11) is 0. The van der Waals surface area contributed by atoms with E-state index in [0.717, 1.165) is 10.9 Å². The zero-order chi connectivity index (χ0) is 14.8. The third kappa shape index (κ3) is 2.62. The summed E-state index contributed by atoms with van der Waals surface area (Å²) in [6.07, 6.45) is 1.69. The van der Waals surface area contributed by atoms with Crippen molar-refractivity contribution in [1.29, 1.82) is 0 Å². The smallest absolute Gasteiger partial charge is 0.339 e. The molecular weight excluding hydrogens is 268 g/mol. The number of nitrogens with two attached hydrogens (primary N) is 1. The number of pyridine rings is 1. The second-order valence-electron chi connectivity index (χ2n) is 4.52. The number of rotatable bonds is 3. The van der Waals surface area contributed by atoms with E-state index in [1.807, 2.05) is 18.2 Å². The second-order valence-corrected chi connectivity index (χ2v) is 4.52. The van der Waals surface area contributed by atoms with Crippen LogP contribution in [0.15, 0.2) is 54.7 Å². The van der Waals surface area contributed by atoms with Gasteiger partial charge in [-0.05, 0) is 36.4 Å². The summed E-state index contributed by atoms with van der Waals surface area (Å²) in [6, 6.07) is 13.7. The summed E-state index contributed by atoms with van der Waals surface area (Å²) in [5.41, 5.74) is 6.78. The van der Waals surface area contributed by atoms with Crippen molar-refractivity contribution in [2.45, 2.75) is 0 Å². The van der Waals surface area contributed by atoms with Crippen LogP contribution in [-0.2, 0) is 0 Å². The lowest BCUT2D eigenvalue weighted by atomic mass is 10.1. The highest BCUT2D eigenvalue weighted by Crippen LogP contribution is 2.28. The van der Waals surface area contributed by atoms with Gasteiger partial charge >= 0.3 is 5.97 Å². The third-order valence-corrected chi connectivity index (χ3v) is 3.04. The number of fused-ring (bicyclic) bond motifs is 1. The van der Waals surface area contributed by atoms with Gasteiger partial charge in [0.25, 0.3) is 0 Å². The molecule has 5 nitrogen and oxygen atoms in total. The molecule has 0 saturated heterocycles. The summed E-state index contributed by atoms with van der Waals surface area (Å²) in [5.74, 6) is -0.323. The molecule has 0 radical (unpaired) electrons. The van der Waals surface area contributed by atoms with Crippen molar-refractivity contribution < 1.29 is 14.6 Å². The van der Waals surface area contributed by atoms with Crippen LogP contribution in [0.3, 0.4) is 0 Å². The number of anilines is 1. The Kier molecular flexibility index (Phi) is 3.16. The second kappa shape index (κ2) is 5.13. The van der Waals surface area contributed by atoms with E-state index in [9.17, 15) is 9.90 Å². The molecule has 1 heterocycles. The summed E-state index contributed by atoms with van der Waals surface area (Å²) in [6.45, 7) is 0. The highest BCUT2D eigenvalue weighted by Gasteiger charge is 2.12. The first-order chi connectivity index (χ1) is 10.1. The Labute approximate surface area is 120 Å². The summed E-state index contributed by atoms with van der Waals surface area (Å²) < 4.78 is 5.66. The minimum Gasteiger partial charge on any atom is -0.478 e. The lowest BCUT2D eigenvalue weighted by Crippen LogP contribution is -2.01. The van der Waals surface area contributed by atoms with E-state index in [1.165, 1.54) is 6.07 Å². The molecule has 3 aromatic rings. The number of nitrogens with zero attached hydrogens (tertiary/aromatic N) is 1. The highest BCUT2D eigenvalue weighted by atomic mass is 16.5. The van der Waals surface area contributed by atoms with Gasteiger partial charge in [-0.25, -0.2) is 4.79 Å². The maximum Gasteiger partial charge on any atom is 0.339 e. The first-order valence-corrected chi connectivity index (χ1v) is 6.29. The zero-order valence-corrected chi connectivity index (χ0v) is 11.0. The SMILES string of the molecule is Nc1ccc(Oc2ccc3cccnc3c2)c(C(=O)O)c1. The molecule has 0 saturated carbocycles. The van der Waals surface area contributed by atoms with E-state index in [4.69, 9.17) is 10.5 Å². The van der Waals surface area contributed by atoms with Crippen molar-refractivity contribution in [1.82, 2.24) is 4.98 Å². The molecule has 2 aromatic carbocycles. The van der Waals surface area contributed by atoms with E-state index < -0.39 is 5.97 Å². The minimum absolute atomic E-state index is 0.0242. The Bertz CT molecular complexity index is 831. The van der Waals surface area contributed by atoms with E-state index in [0.29, 0.717) is 11.4 Å². The number of ether oxygens (including phenoxy) is 1. The van der Waals surface area contributed by atoms with Gasteiger partial charge in [0.15, 0.2) is 0 Å². The first-order valence-electron chi connectivity index (χ1n) is 6.29. The number of carboxylic acids is 1. The van der Waals surface area contributed by atoms with Gasteiger partial charge in [-0.15, -0.1) is 0 Å².